The van der Waals surface area contributed by atoms with E-state index in [4.69, 9.17) is 23.2 Å². The molecule has 0 saturated heterocycles. The summed E-state index contributed by atoms with van der Waals surface area (Å²) in [5.41, 5.74) is 0.225. The summed E-state index contributed by atoms with van der Waals surface area (Å²) in [7, 11) is 1.24. The topological polar surface area (TPSA) is 55.4 Å². The smallest absolute Gasteiger partial charge is 0.325 e. The summed E-state index contributed by atoms with van der Waals surface area (Å²) in [6, 6.07) is 3.09. The largest absolute Gasteiger partial charge is 0.468 e. The number of esters is 1. The number of rotatable bonds is 4. The average molecular weight is 308 g/mol. The van der Waals surface area contributed by atoms with Crippen molar-refractivity contribution in [1.82, 2.24) is 5.32 Å². The summed E-state index contributed by atoms with van der Waals surface area (Å²) >= 11 is 13.4. The first-order chi connectivity index (χ1) is 8.49. The Kier molecular flexibility index (Phi) is 5.78. The van der Waals surface area contributed by atoms with Crippen LogP contribution in [0.25, 0.3) is 0 Å². The predicted molar refractivity (Wildman–Crippen MR) is 72.6 cm³/mol. The zero-order valence-corrected chi connectivity index (χ0v) is 12.1. The molecule has 18 heavy (non-hydrogen) atoms. The molecule has 0 unspecified atom stereocenters. The Labute approximate surface area is 119 Å². The van der Waals surface area contributed by atoms with Crippen LogP contribution in [0.4, 0.5) is 0 Å². The lowest BCUT2D eigenvalue weighted by Gasteiger charge is -2.08. The predicted octanol–water partition coefficient (Wildman–Crippen LogP) is 2.62. The van der Waals surface area contributed by atoms with Crippen LogP contribution >= 0.6 is 35.0 Å². The van der Waals surface area contributed by atoms with Crippen molar-refractivity contribution in [3.05, 3.63) is 27.7 Å². The minimum atomic E-state index is -0.536. The third kappa shape index (κ3) is 3.80. The monoisotopic (exact) mass is 307 g/mol. The number of carbonyl (C=O) groups is 2. The second kappa shape index (κ2) is 6.87. The fraction of sp³-hybridized carbons (Fsp3) is 0.273. The van der Waals surface area contributed by atoms with E-state index in [9.17, 15) is 9.59 Å². The van der Waals surface area contributed by atoms with E-state index in [0.29, 0.717) is 5.02 Å². The molecule has 0 bridgehead atoms. The van der Waals surface area contributed by atoms with Crippen molar-refractivity contribution in [3.8, 4) is 0 Å². The Bertz CT molecular complexity index is 480. The fourth-order valence-corrected chi connectivity index (χ4v) is 2.38. The highest BCUT2D eigenvalue weighted by atomic mass is 35.5. The molecule has 1 N–H and O–H groups in total. The van der Waals surface area contributed by atoms with Crippen LogP contribution in [0.1, 0.15) is 10.4 Å². The van der Waals surface area contributed by atoms with E-state index >= 15 is 0 Å². The molecule has 0 aromatic heterocycles. The van der Waals surface area contributed by atoms with Crippen molar-refractivity contribution >= 4 is 46.8 Å². The van der Waals surface area contributed by atoms with Gasteiger partial charge in [-0.05, 0) is 18.4 Å². The van der Waals surface area contributed by atoms with Gasteiger partial charge >= 0.3 is 5.97 Å². The summed E-state index contributed by atoms with van der Waals surface area (Å²) in [6.45, 7) is -0.215. The van der Waals surface area contributed by atoms with Gasteiger partial charge < -0.3 is 10.1 Å². The number of ether oxygens (including phenoxy) is 1. The van der Waals surface area contributed by atoms with Gasteiger partial charge in [-0.2, -0.15) is 0 Å². The molecule has 4 nitrogen and oxygen atoms in total. The zero-order valence-electron chi connectivity index (χ0n) is 9.75. The van der Waals surface area contributed by atoms with Gasteiger partial charge in [-0.1, -0.05) is 23.2 Å². The Balaban J connectivity index is 2.86. The van der Waals surface area contributed by atoms with E-state index in [1.807, 2.05) is 6.26 Å². The molecule has 1 rings (SSSR count). The maximum atomic E-state index is 11.8. The van der Waals surface area contributed by atoms with Gasteiger partial charge in [0, 0.05) is 4.90 Å². The molecule has 1 amide bonds. The van der Waals surface area contributed by atoms with Gasteiger partial charge in [0.25, 0.3) is 5.91 Å². The zero-order chi connectivity index (χ0) is 13.7. The van der Waals surface area contributed by atoms with Gasteiger partial charge in [0.05, 0.1) is 22.7 Å². The molecular formula is C11H11Cl2NO3S. The van der Waals surface area contributed by atoms with Gasteiger partial charge in [0.1, 0.15) is 6.54 Å². The summed E-state index contributed by atoms with van der Waals surface area (Å²) in [5, 5.41) is 3.12. The highest BCUT2D eigenvalue weighted by Gasteiger charge is 2.14. The van der Waals surface area contributed by atoms with Crippen LogP contribution in [-0.4, -0.2) is 31.8 Å². The van der Waals surface area contributed by atoms with Crippen LogP contribution in [0.15, 0.2) is 17.0 Å². The summed E-state index contributed by atoms with van der Waals surface area (Å²) in [5.74, 6) is -1.01. The minimum Gasteiger partial charge on any atom is -0.468 e. The number of methoxy groups -OCH3 is 1. The van der Waals surface area contributed by atoms with Crippen molar-refractivity contribution in [3.63, 3.8) is 0 Å². The summed E-state index contributed by atoms with van der Waals surface area (Å²) in [4.78, 5) is 23.5. The van der Waals surface area contributed by atoms with Crippen molar-refractivity contribution in [2.75, 3.05) is 19.9 Å². The van der Waals surface area contributed by atoms with Crippen LogP contribution in [0.5, 0.6) is 0 Å². The molecule has 0 atom stereocenters. The van der Waals surface area contributed by atoms with E-state index < -0.39 is 11.9 Å². The first-order valence-electron chi connectivity index (χ1n) is 4.87. The minimum absolute atomic E-state index is 0.215. The van der Waals surface area contributed by atoms with Crippen LogP contribution < -0.4 is 5.32 Å². The summed E-state index contributed by atoms with van der Waals surface area (Å²) in [6.07, 6.45) is 1.86. The van der Waals surface area contributed by atoms with Crippen molar-refractivity contribution in [2.24, 2.45) is 0 Å². The standard InChI is InChI=1S/C11H11Cl2NO3S/c1-17-10(15)5-14-11(16)6-3-8(13)9(18-2)4-7(6)12/h3-4H,5H2,1-2H3,(H,14,16). The molecule has 1 aromatic rings. The molecule has 98 valence electrons. The Morgan fingerprint density at radius 1 is 1.33 bits per heavy atom. The fourth-order valence-electron chi connectivity index (χ4n) is 1.18. The average Bonchev–Trinajstić information content (AvgIpc) is 2.37. The Morgan fingerprint density at radius 3 is 2.56 bits per heavy atom. The van der Waals surface area contributed by atoms with Crippen LogP contribution in [-0.2, 0) is 9.53 Å². The van der Waals surface area contributed by atoms with E-state index in [2.05, 4.69) is 10.1 Å². The van der Waals surface area contributed by atoms with E-state index in [1.54, 1.807) is 6.07 Å². The number of amides is 1. The number of hydrogen-bond acceptors (Lipinski definition) is 4. The molecular weight excluding hydrogens is 297 g/mol. The van der Waals surface area contributed by atoms with Crippen LogP contribution in [0.2, 0.25) is 10.0 Å². The second-order valence-electron chi connectivity index (χ2n) is 3.23. The van der Waals surface area contributed by atoms with Crippen LogP contribution in [0.3, 0.4) is 0 Å². The molecule has 0 aliphatic heterocycles. The summed E-state index contributed by atoms with van der Waals surface area (Å²) < 4.78 is 4.41. The molecule has 0 aliphatic rings. The molecule has 7 heteroatoms. The normalized spacial score (nSPS) is 10.0. The first-order valence-corrected chi connectivity index (χ1v) is 6.85. The van der Waals surface area contributed by atoms with Crippen LogP contribution in [0, 0.1) is 0 Å². The molecule has 0 aliphatic carbocycles. The van der Waals surface area contributed by atoms with Gasteiger partial charge in [-0.3, -0.25) is 9.59 Å². The number of hydrogen-bond donors (Lipinski definition) is 1. The van der Waals surface area contributed by atoms with Crippen molar-refractivity contribution < 1.29 is 14.3 Å². The number of benzene rings is 1. The Morgan fingerprint density at radius 2 is 2.00 bits per heavy atom. The number of carbonyl (C=O) groups excluding carboxylic acids is 2. The maximum Gasteiger partial charge on any atom is 0.325 e. The molecule has 1 aromatic carbocycles. The second-order valence-corrected chi connectivity index (χ2v) is 4.89. The van der Waals surface area contributed by atoms with E-state index in [1.165, 1.54) is 24.9 Å². The van der Waals surface area contributed by atoms with Gasteiger partial charge in [0.2, 0.25) is 0 Å². The van der Waals surface area contributed by atoms with E-state index in [0.717, 1.165) is 4.90 Å². The third-order valence-corrected chi connectivity index (χ3v) is 3.62. The molecule has 0 heterocycles. The highest BCUT2D eigenvalue weighted by Crippen LogP contribution is 2.31. The van der Waals surface area contributed by atoms with E-state index in [-0.39, 0.29) is 17.1 Å². The third-order valence-electron chi connectivity index (χ3n) is 2.11. The van der Waals surface area contributed by atoms with Gasteiger partial charge in [-0.15, -0.1) is 11.8 Å². The van der Waals surface area contributed by atoms with Gasteiger partial charge in [-0.25, -0.2) is 0 Å². The SMILES string of the molecule is COC(=O)CNC(=O)c1cc(Cl)c(SC)cc1Cl. The quantitative estimate of drug-likeness (QED) is 0.686. The lowest BCUT2D eigenvalue weighted by atomic mass is 10.2. The number of halogens is 2. The number of thioether (sulfide) groups is 1. The first kappa shape index (κ1) is 15.1. The lowest BCUT2D eigenvalue weighted by molar-refractivity contribution is -0.139. The lowest BCUT2D eigenvalue weighted by Crippen LogP contribution is -2.30. The van der Waals surface area contributed by atoms with Crippen molar-refractivity contribution in [1.29, 1.82) is 0 Å². The van der Waals surface area contributed by atoms with Gasteiger partial charge in [0.15, 0.2) is 0 Å². The maximum absolute atomic E-state index is 11.8. The number of nitrogens with one attached hydrogen (secondary N) is 1. The van der Waals surface area contributed by atoms with Crippen molar-refractivity contribution in [2.45, 2.75) is 4.90 Å². The molecule has 0 radical (unpaired) electrons. The molecule has 0 spiro atoms. The molecule has 0 saturated carbocycles. The highest BCUT2D eigenvalue weighted by molar-refractivity contribution is 7.98. The Hall–Kier alpha value is -0.910. The molecule has 0 fully saturated rings.